The van der Waals surface area contributed by atoms with E-state index in [0.29, 0.717) is 5.65 Å². The molecule has 128 valence electrons. The van der Waals surface area contributed by atoms with Crippen LogP contribution in [0.15, 0.2) is 6.07 Å². The summed E-state index contributed by atoms with van der Waals surface area (Å²) in [5.41, 5.74) is 2.60. The van der Waals surface area contributed by atoms with Gasteiger partial charge >= 0.3 is 0 Å². The van der Waals surface area contributed by atoms with Gasteiger partial charge in [0.05, 0.1) is 5.39 Å². The van der Waals surface area contributed by atoms with Crippen molar-refractivity contribution in [2.45, 2.75) is 33.7 Å². The van der Waals surface area contributed by atoms with E-state index in [0.717, 1.165) is 47.1 Å². The zero-order valence-electron chi connectivity index (χ0n) is 14.6. The molecule has 0 aliphatic carbocycles. The van der Waals surface area contributed by atoms with Gasteiger partial charge in [0, 0.05) is 36.3 Å². The van der Waals surface area contributed by atoms with Crippen LogP contribution in [0, 0.1) is 13.8 Å². The molecule has 2 aromatic rings. The van der Waals surface area contributed by atoms with Crippen molar-refractivity contribution in [3.05, 3.63) is 23.1 Å². The Morgan fingerprint density at radius 3 is 2.58 bits per heavy atom. The largest absolute Gasteiger partial charge is 0.354 e. The minimum atomic E-state index is -0.250. The van der Waals surface area contributed by atoms with Crippen LogP contribution in [-0.4, -0.2) is 51.5 Å². The van der Waals surface area contributed by atoms with E-state index in [1.54, 1.807) is 0 Å². The summed E-state index contributed by atoms with van der Waals surface area (Å²) < 4.78 is 0. The van der Waals surface area contributed by atoms with Gasteiger partial charge in [-0.05, 0) is 39.3 Å². The number of nitrogens with one attached hydrogen (secondary N) is 1. The lowest BCUT2D eigenvalue weighted by atomic mass is 10.1. The standard InChI is InChI=1S/C17H23N5OS/c1-10(2)18-17(23)15-20-14-13(11(3)9-12(4)19-14)16(21-15)22-5-7-24-8-6-22/h9-10H,5-8H2,1-4H3,(H,18,23). The summed E-state index contributed by atoms with van der Waals surface area (Å²) in [6.45, 7) is 9.70. The maximum absolute atomic E-state index is 12.4. The number of pyridine rings is 1. The molecule has 0 aromatic carbocycles. The minimum Gasteiger partial charge on any atom is -0.354 e. The molecule has 7 heteroatoms. The summed E-state index contributed by atoms with van der Waals surface area (Å²) in [5.74, 6) is 2.91. The number of hydrogen-bond acceptors (Lipinski definition) is 6. The third-order valence-electron chi connectivity index (χ3n) is 3.91. The second-order valence-electron chi connectivity index (χ2n) is 6.38. The number of thioether (sulfide) groups is 1. The summed E-state index contributed by atoms with van der Waals surface area (Å²) >= 11 is 1.94. The summed E-state index contributed by atoms with van der Waals surface area (Å²) in [4.78, 5) is 28.3. The number of aryl methyl sites for hydroxylation is 2. The van der Waals surface area contributed by atoms with Crippen LogP contribution < -0.4 is 10.2 Å². The van der Waals surface area contributed by atoms with E-state index in [2.05, 4.69) is 32.1 Å². The first-order chi connectivity index (χ1) is 11.5. The van der Waals surface area contributed by atoms with Crippen LogP contribution in [0.2, 0.25) is 0 Å². The highest BCUT2D eigenvalue weighted by molar-refractivity contribution is 7.99. The van der Waals surface area contributed by atoms with Gasteiger partial charge in [0.15, 0.2) is 5.65 Å². The molecule has 0 radical (unpaired) electrons. The third kappa shape index (κ3) is 3.45. The molecule has 2 aromatic heterocycles. The van der Waals surface area contributed by atoms with Crippen molar-refractivity contribution >= 4 is 34.5 Å². The molecule has 0 unspecified atom stereocenters. The maximum Gasteiger partial charge on any atom is 0.289 e. The molecule has 1 N–H and O–H groups in total. The summed E-state index contributed by atoms with van der Waals surface area (Å²) in [7, 11) is 0. The Bertz CT molecular complexity index is 771. The molecule has 0 bridgehead atoms. The number of carbonyl (C=O) groups is 1. The van der Waals surface area contributed by atoms with Crippen LogP contribution in [0.3, 0.4) is 0 Å². The molecule has 1 amide bonds. The Balaban J connectivity index is 2.16. The topological polar surface area (TPSA) is 71.0 Å². The molecule has 3 heterocycles. The van der Waals surface area contributed by atoms with E-state index in [9.17, 15) is 4.79 Å². The molecule has 0 atom stereocenters. The van der Waals surface area contributed by atoms with Gasteiger partial charge in [0.2, 0.25) is 5.82 Å². The van der Waals surface area contributed by atoms with Gasteiger partial charge in [0.25, 0.3) is 5.91 Å². The maximum atomic E-state index is 12.4. The fraction of sp³-hybridized carbons (Fsp3) is 0.529. The highest BCUT2D eigenvalue weighted by Gasteiger charge is 2.22. The van der Waals surface area contributed by atoms with Gasteiger partial charge in [-0.2, -0.15) is 11.8 Å². The average molecular weight is 345 g/mol. The fourth-order valence-electron chi connectivity index (χ4n) is 2.89. The van der Waals surface area contributed by atoms with Gasteiger partial charge in [-0.1, -0.05) is 0 Å². The Hall–Kier alpha value is -1.89. The molecule has 1 fully saturated rings. The van der Waals surface area contributed by atoms with Gasteiger partial charge in [0.1, 0.15) is 5.82 Å². The lowest BCUT2D eigenvalue weighted by Gasteiger charge is -2.29. The number of aromatic nitrogens is 3. The first kappa shape index (κ1) is 17.0. The highest BCUT2D eigenvalue weighted by atomic mass is 32.2. The zero-order chi connectivity index (χ0) is 17.3. The van der Waals surface area contributed by atoms with Crippen LogP contribution in [0.5, 0.6) is 0 Å². The van der Waals surface area contributed by atoms with Crippen LogP contribution in [-0.2, 0) is 0 Å². The van der Waals surface area contributed by atoms with E-state index in [1.165, 1.54) is 0 Å². The number of carbonyl (C=O) groups excluding carboxylic acids is 1. The molecular weight excluding hydrogens is 322 g/mol. The zero-order valence-corrected chi connectivity index (χ0v) is 15.4. The van der Waals surface area contributed by atoms with Crippen LogP contribution in [0.1, 0.15) is 35.7 Å². The molecule has 3 rings (SSSR count). The monoisotopic (exact) mass is 345 g/mol. The Kier molecular flexibility index (Phi) is 4.89. The van der Waals surface area contributed by atoms with Gasteiger partial charge in [-0.25, -0.2) is 15.0 Å². The van der Waals surface area contributed by atoms with Gasteiger partial charge in [-0.3, -0.25) is 4.79 Å². The van der Waals surface area contributed by atoms with E-state index >= 15 is 0 Å². The number of hydrogen-bond donors (Lipinski definition) is 1. The predicted octanol–water partition coefficient (Wildman–Crippen LogP) is 2.33. The highest BCUT2D eigenvalue weighted by Crippen LogP contribution is 2.28. The smallest absolute Gasteiger partial charge is 0.289 e. The van der Waals surface area contributed by atoms with E-state index in [-0.39, 0.29) is 17.8 Å². The average Bonchev–Trinajstić information content (AvgIpc) is 2.53. The van der Waals surface area contributed by atoms with E-state index < -0.39 is 0 Å². The Morgan fingerprint density at radius 2 is 1.92 bits per heavy atom. The van der Waals surface area contributed by atoms with Crippen molar-refractivity contribution in [1.82, 2.24) is 20.3 Å². The van der Waals surface area contributed by atoms with Crippen LogP contribution in [0.4, 0.5) is 5.82 Å². The fourth-order valence-corrected chi connectivity index (χ4v) is 3.79. The quantitative estimate of drug-likeness (QED) is 0.921. The van der Waals surface area contributed by atoms with Crippen molar-refractivity contribution in [3.63, 3.8) is 0 Å². The van der Waals surface area contributed by atoms with Crippen molar-refractivity contribution < 1.29 is 4.79 Å². The first-order valence-electron chi connectivity index (χ1n) is 8.25. The van der Waals surface area contributed by atoms with Crippen molar-refractivity contribution in [2.24, 2.45) is 0 Å². The normalized spacial score (nSPS) is 15.1. The minimum absolute atomic E-state index is 0.0406. The molecule has 6 nitrogen and oxygen atoms in total. The van der Waals surface area contributed by atoms with Gasteiger partial charge in [-0.15, -0.1) is 0 Å². The summed E-state index contributed by atoms with van der Waals surface area (Å²) in [6.07, 6.45) is 0. The molecule has 24 heavy (non-hydrogen) atoms. The summed E-state index contributed by atoms with van der Waals surface area (Å²) in [6, 6.07) is 2.08. The van der Waals surface area contributed by atoms with Crippen LogP contribution in [0.25, 0.3) is 11.0 Å². The molecule has 1 aliphatic heterocycles. The number of amides is 1. The number of rotatable bonds is 3. The molecule has 0 saturated carbocycles. The van der Waals surface area contributed by atoms with Crippen LogP contribution >= 0.6 is 11.8 Å². The van der Waals surface area contributed by atoms with E-state index in [1.807, 2.05) is 38.6 Å². The van der Waals surface area contributed by atoms with E-state index in [4.69, 9.17) is 0 Å². The number of nitrogens with zero attached hydrogens (tertiary/aromatic N) is 4. The predicted molar refractivity (Wildman–Crippen MR) is 98.9 cm³/mol. The van der Waals surface area contributed by atoms with Crippen molar-refractivity contribution in [1.29, 1.82) is 0 Å². The SMILES string of the molecule is Cc1cc(C)c2c(N3CCSCC3)nc(C(=O)NC(C)C)nc2n1. The Labute approximate surface area is 146 Å². The number of fused-ring (bicyclic) bond motifs is 1. The number of anilines is 1. The molecule has 1 saturated heterocycles. The molecule has 0 spiro atoms. The lowest BCUT2D eigenvalue weighted by Crippen LogP contribution is -2.35. The second kappa shape index (κ2) is 6.93. The molecular formula is C17H23N5OS. The first-order valence-corrected chi connectivity index (χ1v) is 9.40. The van der Waals surface area contributed by atoms with Crippen molar-refractivity contribution in [3.8, 4) is 0 Å². The summed E-state index contributed by atoms with van der Waals surface area (Å²) in [5, 5.41) is 3.82. The molecule has 1 aliphatic rings. The van der Waals surface area contributed by atoms with Crippen molar-refractivity contribution in [2.75, 3.05) is 29.5 Å². The van der Waals surface area contributed by atoms with Gasteiger partial charge < -0.3 is 10.2 Å². The third-order valence-corrected chi connectivity index (χ3v) is 4.85. The Morgan fingerprint density at radius 1 is 1.21 bits per heavy atom. The second-order valence-corrected chi connectivity index (χ2v) is 7.60. The lowest BCUT2D eigenvalue weighted by molar-refractivity contribution is 0.0933.